The fraction of sp³-hybridized carbons (Fsp3) is 0.296. The van der Waals surface area contributed by atoms with E-state index >= 15 is 0 Å². The number of likely N-dealkylation sites (N-methyl/N-ethyl adjacent to an activating group) is 1. The molecular formula is C27H30N2O5S. The van der Waals surface area contributed by atoms with Crippen molar-refractivity contribution >= 4 is 15.9 Å². The molecular weight excluding hydrogens is 464 g/mol. The summed E-state index contributed by atoms with van der Waals surface area (Å²) < 4.78 is 37.7. The van der Waals surface area contributed by atoms with Gasteiger partial charge >= 0.3 is 0 Å². The number of fused-ring (bicyclic) bond motifs is 1. The first-order valence-electron chi connectivity index (χ1n) is 11.4. The number of benzene rings is 3. The van der Waals surface area contributed by atoms with Gasteiger partial charge in [0.1, 0.15) is 12.6 Å². The average Bonchev–Trinajstić information content (AvgIpc) is 2.86. The summed E-state index contributed by atoms with van der Waals surface area (Å²) in [7, 11) is -0.299. The third-order valence-corrected chi connectivity index (χ3v) is 7.41. The van der Waals surface area contributed by atoms with Crippen molar-refractivity contribution in [2.24, 2.45) is 0 Å². The molecule has 7 nitrogen and oxygen atoms in total. The van der Waals surface area contributed by atoms with Crippen LogP contribution >= 0.6 is 0 Å². The number of amides is 1. The first-order chi connectivity index (χ1) is 16.8. The van der Waals surface area contributed by atoms with Gasteiger partial charge < -0.3 is 14.4 Å². The molecule has 0 spiro atoms. The second-order valence-electron chi connectivity index (χ2n) is 8.75. The smallest absolute Gasteiger partial charge is 0.241 e. The van der Waals surface area contributed by atoms with Crippen LogP contribution < -0.4 is 9.47 Å². The van der Waals surface area contributed by atoms with E-state index in [1.165, 1.54) is 4.31 Å². The molecule has 184 valence electrons. The highest BCUT2D eigenvalue weighted by Crippen LogP contribution is 2.30. The highest BCUT2D eigenvalue weighted by atomic mass is 32.2. The SMILES string of the molecule is COc1cc(CN(C)C(=O)[C@@H]2Cc3ccccc3CN2S(C)(=O)=O)ccc1OCc1ccccc1. The molecule has 0 N–H and O–H groups in total. The number of carbonyl (C=O) groups is 1. The van der Waals surface area contributed by atoms with Crippen LogP contribution in [0.1, 0.15) is 22.3 Å². The number of methoxy groups -OCH3 is 1. The predicted molar refractivity (Wildman–Crippen MR) is 135 cm³/mol. The van der Waals surface area contributed by atoms with Crippen LogP contribution in [0.25, 0.3) is 0 Å². The minimum Gasteiger partial charge on any atom is -0.493 e. The maximum atomic E-state index is 13.4. The van der Waals surface area contributed by atoms with Gasteiger partial charge in [-0.25, -0.2) is 8.42 Å². The van der Waals surface area contributed by atoms with Crippen LogP contribution in [0, 0.1) is 0 Å². The maximum absolute atomic E-state index is 13.4. The lowest BCUT2D eigenvalue weighted by molar-refractivity contribution is -0.135. The third-order valence-electron chi connectivity index (χ3n) is 6.18. The van der Waals surface area contributed by atoms with Crippen LogP contribution in [-0.2, 0) is 40.9 Å². The molecule has 1 atom stereocenters. The molecule has 0 aliphatic carbocycles. The molecule has 0 unspecified atom stereocenters. The summed E-state index contributed by atoms with van der Waals surface area (Å²) in [5.41, 5.74) is 3.83. The Kier molecular flexibility index (Phi) is 7.42. The van der Waals surface area contributed by atoms with Gasteiger partial charge in [0, 0.05) is 20.1 Å². The molecule has 0 saturated heterocycles. The summed E-state index contributed by atoms with van der Waals surface area (Å²) >= 11 is 0. The third kappa shape index (κ3) is 5.83. The standard InChI is InChI=1S/C27H30N2O5S/c1-28(27(30)24-16-22-11-7-8-12-23(22)18-29(24)35(3,31)32)17-21-13-14-25(26(15-21)33-2)34-19-20-9-5-4-6-10-20/h4-15,24H,16-19H2,1-3H3/t24-/m0/s1. The lowest BCUT2D eigenvalue weighted by Crippen LogP contribution is -2.52. The first kappa shape index (κ1) is 24.8. The number of carbonyl (C=O) groups excluding carboxylic acids is 1. The zero-order valence-electron chi connectivity index (χ0n) is 20.2. The fourth-order valence-corrected chi connectivity index (χ4v) is 5.33. The van der Waals surface area contributed by atoms with Gasteiger partial charge in [0.05, 0.1) is 13.4 Å². The summed E-state index contributed by atoms with van der Waals surface area (Å²) in [6.45, 7) is 0.920. The summed E-state index contributed by atoms with van der Waals surface area (Å²) in [6.07, 6.45) is 1.50. The van der Waals surface area contributed by atoms with Crippen molar-refractivity contribution in [1.29, 1.82) is 0 Å². The molecule has 0 fully saturated rings. The van der Waals surface area contributed by atoms with Crippen molar-refractivity contribution in [3.05, 3.63) is 95.1 Å². The van der Waals surface area contributed by atoms with E-state index in [-0.39, 0.29) is 12.5 Å². The van der Waals surface area contributed by atoms with E-state index < -0.39 is 16.1 Å². The van der Waals surface area contributed by atoms with Crippen molar-refractivity contribution in [3.8, 4) is 11.5 Å². The summed E-state index contributed by atoms with van der Waals surface area (Å²) in [5.74, 6) is 0.943. The Hall–Kier alpha value is -3.36. The second kappa shape index (κ2) is 10.5. The second-order valence-corrected chi connectivity index (χ2v) is 10.7. The number of nitrogens with zero attached hydrogens (tertiary/aromatic N) is 2. The minimum absolute atomic E-state index is 0.195. The summed E-state index contributed by atoms with van der Waals surface area (Å²) in [5, 5.41) is 0. The van der Waals surface area contributed by atoms with Crippen LogP contribution in [0.3, 0.4) is 0 Å². The van der Waals surface area contributed by atoms with E-state index in [0.29, 0.717) is 31.1 Å². The highest BCUT2D eigenvalue weighted by Gasteiger charge is 2.38. The Morgan fingerprint density at radius 2 is 1.66 bits per heavy atom. The molecule has 1 heterocycles. The van der Waals surface area contributed by atoms with Crippen molar-refractivity contribution < 1.29 is 22.7 Å². The monoisotopic (exact) mass is 494 g/mol. The average molecular weight is 495 g/mol. The van der Waals surface area contributed by atoms with Crippen LogP contribution in [-0.4, -0.2) is 50.0 Å². The molecule has 3 aromatic carbocycles. The number of ether oxygens (including phenoxy) is 2. The normalized spacial score (nSPS) is 15.8. The fourth-order valence-electron chi connectivity index (χ4n) is 4.33. The molecule has 3 aromatic rings. The number of rotatable bonds is 8. The Morgan fingerprint density at radius 1 is 0.971 bits per heavy atom. The zero-order valence-corrected chi connectivity index (χ0v) is 21.0. The lowest BCUT2D eigenvalue weighted by atomic mass is 9.95. The van der Waals surface area contributed by atoms with Gasteiger partial charge in [-0.15, -0.1) is 0 Å². The molecule has 1 aliphatic heterocycles. The predicted octanol–water partition coefficient (Wildman–Crippen LogP) is 3.62. The lowest BCUT2D eigenvalue weighted by Gasteiger charge is -2.36. The Labute approximate surface area is 206 Å². The van der Waals surface area contributed by atoms with Gasteiger partial charge in [-0.2, -0.15) is 4.31 Å². The first-order valence-corrected chi connectivity index (χ1v) is 13.2. The van der Waals surface area contributed by atoms with Gasteiger partial charge in [-0.3, -0.25) is 4.79 Å². The van der Waals surface area contributed by atoms with Crippen LogP contribution in [0.2, 0.25) is 0 Å². The van der Waals surface area contributed by atoms with E-state index in [4.69, 9.17) is 9.47 Å². The largest absolute Gasteiger partial charge is 0.493 e. The van der Waals surface area contributed by atoms with E-state index in [1.54, 1.807) is 19.1 Å². The number of sulfonamides is 1. The number of hydrogen-bond acceptors (Lipinski definition) is 5. The molecule has 0 radical (unpaired) electrons. The highest BCUT2D eigenvalue weighted by molar-refractivity contribution is 7.88. The summed E-state index contributed by atoms with van der Waals surface area (Å²) in [6, 6.07) is 22.3. The van der Waals surface area contributed by atoms with Gasteiger partial charge in [-0.1, -0.05) is 60.7 Å². The quantitative estimate of drug-likeness (QED) is 0.478. The minimum atomic E-state index is -3.57. The van der Waals surface area contributed by atoms with Crippen molar-refractivity contribution in [3.63, 3.8) is 0 Å². The van der Waals surface area contributed by atoms with Gasteiger partial charge in [0.25, 0.3) is 0 Å². The maximum Gasteiger partial charge on any atom is 0.241 e. The van der Waals surface area contributed by atoms with Crippen LogP contribution in [0.15, 0.2) is 72.8 Å². The van der Waals surface area contributed by atoms with Gasteiger partial charge in [0.2, 0.25) is 15.9 Å². The topological polar surface area (TPSA) is 76.2 Å². The van der Waals surface area contributed by atoms with Crippen molar-refractivity contribution in [2.45, 2.75) is 32.2 Å². The molecule has 8 heteroatoms. The van der Waals surface area contributed by atoms with E-state index in [2.05, 4.69) is 0 Å². The molecule has 0 saturated carbocycles. The van der Waals surface area contributed by atoms with Crippen molar-refractivity contribution in [2.75, 3.05) is 20.4 Å². The molecule has 35 heavy (non-hydrogen) atoms. The summed E-state index contributed by atoms with van der Waals surface area (Å²) in [4.78, 5) is 15.0. The Morgan fingerprint density at radius 3 is 2.34 bits per heavy atom. The van der Waals surface area contributed by atoms with Crippen LogP contribution in [0.5, 0.6) is 11.5 Å². The van der Waals surface area contributed by atoms with Crippen LogP contribution in [0.4, 0.5) is 0 Å². The zero-order chi connectivity index (χ0) is 25.0. The molecule has 0 bridgehead atoms. The van der Waals surface area contributed by atoms with E-state index in [0.717, 1.165) is 28.5 Å². The molecule has 4 rings (SSSR count). The number of hydrogen-bond donors (Lipinski definition) is 0. The molecule has 0 aromatic heterocycles. The van der Waals surface area contributed by atoms with Crippen molar-refractivity contribution in [1.82, 2.24) is 9.21 Å². The van der Waals surface area contributed by atoms with E-state index in [1.807, 2.05) is 72.8 Å². The van der Waals surface area contributed by atoms with Gasteiger partial charge in [0.15, 0.2) is 11.5 Å². The molecule has 1 amide bonds. The van der Waals surface area contributed by atoms with Gasteiger partial charge in [-0.05, 0) is 40.8 Å². The van der Waals surface area contributed by atoms with E-state index in [9.17, 15) is 13.2 Å². The Bertz CT molecular complexity index is 1290. The molecule has 1 aliphatic rings. The Balaban J connectivity index is 1.48.